The van der Waals surface area contributed by atoms with E-state index in [1.165, 1.54) is 22.6 Å². The van der Waals surface area contributed by atoms with Crippen LogP contribution in [0.1, 0.15) is 21.5 Å². The highest BCUT2D eigenvalue weighted by Gasteiger charge is 2.10. The van der Waals surface area contributed by atoms with Gasteiger partial charge in [0.1, 0.15) is 5.75 Å². The standard InChI is InChI=1S/C18H18N2O2/c1-12-6-7-16-15(10-12)13(11-20-16)8-9-19-18(22)14-4-2-3-5-17(14)21/h2-7,10-11,20-21H,8-9H2,1H3,(H,19,22). The molecule has 1 heterocycles. The first-order chi connectivity index (χ1) is 10.6. The van der Waals surface area contributed by atoms with Crippen molar-refractivity contribution in [3.63, 3.8) is 0 Å². The topological polar surface area (TPSA) is 65.1 Å². The lowest BCUT2D eigenvalue weighted by molar-refractivity contribution is 0.0951. The van der Waals surface area contributed by atoms with Gasteiger partial charge in [0.15, 0.2) is 0 Å². The molecular weight excluding hydrogens is 276 g/mol. The van der Waals surface area contributed by atoms with Crippen LogP contribution in [0.15, 0.2) is 48.7 Å². The molecule has 0 saturated carbocycles. The summed E-state index contributed by atoms with van der Waals surface area (Å²) in [5, 5.41) is 13.7. The normalized spacial score (nSPS) is 10.8. The van der Waals surface area contributed by atoms with Crippen LogP contribution in [0.3, 0.4) is 0 Å². The number of aromatic amines is 1. The van der Waals surface area contributed by atoms with Crippen LogP contribution in [0.4, 0.5) is 0 Å². The summed E-state index contributed by atoms with van der Waals surface area (Å²) < 4.78 is 0. The maximum absolute atomic E-state index is 12.0. The Bertz CT molecular complexity index is 821. The van der Waals surface area contributed by atoms with Crippen LogP contribution in [0.5, 0.6) is 5.75 Å². The second-order valence-electron chi connectivity index (χ2n) is 5.39. The van der Waals surface area contributed by atoms with Crippen LogP contribution in [0.2, 0.25) is 0 Å². The number of hydrogen-bond donors (Lipinski definition) is 3. The smallest absolute Gasteiger partial charge is 0.255 e. The zero-order valence-corrected chi connectivity index (χ0v) is 12.4. The van der Waals surface area contributed by atoms with Crippen molar-refractivity contribution in [2.75, 3.05) is 6.54 Å². The zero-order chi connectivity index (χ0) is 15.5. The number of para-hydroxylation sites is 1. The monoisotopic (exact) mass is 294 g/mol. The van der Waals surface area contributed by atoms with E-state index < -0.39 is 0 Å². The fraction of sp³-hybridized carbons (Fsp3) is 0.167. The second kappa shape index (κ2) is 5.93. The van der Waals surface area contributed by atoms with E-state index in [0.29, 0.717) is 12.1 Å². The molecule has 3 aromatic rings. The Morgan fingerprint density at radius 1 is 1.23 bits per heavy atom. The Morgan fingerprint density at radius 2 is 2.05 bits per heavy atom. The van der Waals surface area contributed by atoms with Gasteiger partial charge in [0.05, 0.1) is 5.56 Å². The molecule has 4 heteroatoms. The predicted molar refractivity (Wildman–Crippen MR) is 87.2 cm³/mol. The Morgan fingerprint density at radius 3 is 2.86 bits per heavy atom. The van der Waals surface area contributed by atoms with E-state index in [9.17, 15) is 9.90 Å². The maximum Gasteiger partial charge on any atom is 0.255 e. The summed E-state index contributed by atoms with van der Waals surface area (Å²) in [6, 6.07) is 12.8. The highest BCUT2D eigenvalue weighted by molar-refractivity contribution is 5.96. The quantitative estimate of drug-likeness (QED) is 0.692. The van der Waals surface area contributed by atoms with Gasteiger partial charge in [-0.3, -0.25) is 4.79 Å². The van der Waals surface area contributed by atoms with Crippen LogP contribution in [0.25, 0.3) is 10.9 Å². The Kier molecular flexibility index (Phi) is 3.83. The predicted octanol–water partition coefficient (Wildman–Crippen LogP) is 3.15. The van der Waals surface area contributed by atoms with E-state index in [-0.39, 0.29) is 11.7 Å². The number of aromatic hydroxyl groups is 1. The summed E-state index contributed by atoms with van der Waals surface area (Å²) >= 11 is 0. The van der Waals surface area contributed by atoms with E-state index in [1.807, 2.05) is 6.20 Å². The van der Waals surface area contributed by atoms with Gasteiger partial charge < -0.3 is 15.4 Å². The van der Waals surface area contributed by atoms with Gasteiger partial charge in [-0.2, -0.15) is 0 Å². The van der Waals surface area contributed by atoms with E-state index in [2.05, 4.69) is 35.4 Å². The lowest BCUT2D eigenvalue weighted by Crippen LogP contribution is -2.25. The molecule has 2 aromatic carbocycles. The van der Waals surface area contributed by atoms with Gasteiger partial charge in [0.2, 0.25) is 0 Å². The molecule has 4 nitrogen and oxygen atoms in total. The van der Waals surface area contributed by atoms with Crippen molar-refractivity contribution in [2.45, 2.75) is 13.3 Å². The molecule has 0 saturated heterocycles. The number of nitrogens with one attached hydrogen (secondary N) is 2. The van der Waals surface area contributed by atoms with Crippen LogP contribution in [0, 0.1) is 6.92 Å². The van der Waals surface area contributed by atoms with Crippen molar-refractivity contribution in [3.05, 3.63) is 65.4 Å². The summed E-state index contributed by atoms with van der Waals surface area (Å²) in [7, 11) is 0. The molecule has 0 aliphatic heterocycles. The van der Waals surface area contributed by atoms with Gasteiger partial charge in [-0.25, -0.2) is 0 Å². The Balaban J connectivity index is 1.66. The lowest BCUT2D eigenvalue weighted by Gasteiger charge is -2.06. The van der Waals surface area contributed by atoms with Gasteiger partial charge in [0, 0.05) is 23.6 Å². The summed E-state index contributed by atoms with van der Waals surface area (Å²) in [5.41, 5.74) is 3.80. The molecule has 0 bridgehead atoms. The molecule has 0 radical (unpaired) electrons. The number of phenols is 1. The fourth-order valence-corrected chi connectivity index (χ4v) is 2.57. The van der Waals surface area contributed by atoms with Crippen molar-refractivity contribution in [3.8, 4) is 5.75 Å². The van der Waals surface area contributed by atoms with E-state index in [4.69, 9.17) is 0 Å². The van der Waals surface area contributed by atoms with Gasteiger partial charge in [-0.1, -0.05) is 23.8 Å². The maximum atomic E-state index is 12.0. The van der Waals surface area contributed by atoms with Crippen LogP contribution < -0.4 is 5.32 Å². The average molecular weight is 294 g/mol. The molecule has 1 amide bonds. The van der Waals surface area contributed by atoms with E-state index in [0.717, 1.165) is 11.9 Å². The molecule has 22 heavy (non-hydrogen) atoms. The third kappa shape index (κ3) is 2.81. The molecule has 0 spiro atoms. The van der Waals surface area contributed by atoms with Gasteiger partial charge >= 0.3 is 0 Å². The molecular formula is C18H18N2O2. The number of hydrogen-bond acceptors (Lipinski definition) is 2. The second-order valence-corrected chi connectivity index (χ2v) is 5.39. The van der Waals surface area contributed by atoms with Gasteiger partial charge in [-0.15, -0.1) is 0 Å². The summed E-state index contributed by atoms with van der Waals surface area (Å²) in [4.78, 5) is 15.3. The fourth-order valence-electron chi connectivity index (χ4n) is 2.57. The number of rotatable bonds is 4. The molecule has 1 aromatic heterocycles. The number of aromatic nitrogens is 1. The van der Waals surface area contributed by atoms with Crippen LogP contribution in [-0.4, -0.2) is 22.5 Å². The number of phenolic OH excluding ortho intramolecular Hbond substituents is 1. The summed E-state index contributed by atoms with van der Waals surface area (Å²) in [5.74, 6) is -0.253. The molecule has 0 fully saturated rings. The molecule has 0 aliphatic carbocycles. The zero-order valence-electron chi connectivity index (χ0n) is 12.4. The van der Waals surface area contributed by atoms with Crippen molar-refractivity contribution >= 4 is 16.8 Å². The molecule has 0 unspecified atom stereocenters. The minimum absolute atomic E-state index is 0.00252. The lowest BCUT2D eigenvalue weighted by atomic mass is 10.1. The SMILES string of the molecule is Cc1ccc2[nH]cc(CCNC(=O)c3ccccc3O)c2c1. The van der Waals surface area contributed by atoms with Crippen molar-refractivity contribution in [2.24, 2.45) is 0 Å². The number of fused-ring (bicyclic) bond motifs is 1. The van der Waals surface area contributed by atoms with Crippen LogP contribution in [-0.2, 0) is 6.42 Å². The average Bonchev–Trinajstić information content (AvgIpc) is 2.90. The minimum Gasteiger partial charge on any atom is -0.507 e. The van der Waals surface area contributed by atoms with Gasteiger partial charge in [0.25, 0.3) is 5.91 Å². The first kappa shape index (κ1) is 14.2. The third-order valence-corrected chi connectivity index (χ3v) is 3.75. The first-order valence-corrected chi connectivity index (χ1v) is 7.28. The molecule has 3 rings (SSSR count). The molecule has 112 valence electrons. The number of carbonyl (C=O) groups excluding carboxylic acids is 1. The highest BCUT2D eigenvalue weighted by atomic mass is 16.3. The number of benzene rings is 2. The molecule has 0 atom stereocenters. The Labute approximate surface area is 128 Å². The summed E-state index contributed by atoms with van der Waals surface area (Å²) in [6.45, 7) is 2.59. The third-order valence-electron chi connectivity index (χ3n) is 3.75. The Hall–Kier alpha value is -2.75. The summed E-state index contributed by atoms with van der Waals surface area (Å²) in [6.07, 6.45) is 2.72. The number of amides is 1. The van der Waals surface area contributed by atoms with E-state index in [1.54, 1.807) is 18.2 Å². The van der Waals surface area contributed by atoms with Crippen molar-refractivity contribution < 1.29 is 9.90 Å². The van der Waals surface area contributed by atoms with Crippen LogP contribution >= 0.6 is 0 Å². The minimum atomic E-state index is -0.255. The van der Waals surface area contributed by atoms with E-state index >= 15 is 0 Å². The largest absolute Gasteiger partial charge is 0.507 e. The first-order valence-electron chi connectivity index (χ1n) is 7.28. The molecule has 0 aliphatic rings. The number of aryl methyl sites for hydroxylation is 1. The highest BCUT2D eigenvalue weighted by Crippen LogP contribution is 2.20. The van der Waals surface area contributed by atoms with Crippen molar-refractivity contribution in [1.29, 1.82) is 0 Å². The molecule has 3 N–H and O–H groups in total. The number of carbonyl (C=O) groups is 1. The van der Waals surface area contributed by atoms with Crippen molar-refractivity contribution in [1.82, 2.24) is 10.3 Å². The number of H-pyrrole nitrogens is 1. The van der Waals surface area contributed by atoms with Gasteiger partial charge in [-0.05, 0) is 43.2 Å².